The lowest BCUT2D eigenvalue weighted by molar-refractivity contribution is 0.626. The van der Waals surface area contributed by atoms with Gasteiger partial charge in [0, 0.05) is 6.20 Å². The Kier molecular flexibility index (Phi) is 3.36. The number of rotatable bonds is 2. The lowest BCUT2D eigenvalue weighted by atomic mass is 10.3. The van der Waals surface area contributed by atoms with Gasteiger partial charge in [-0.2, -0.15) is 0 Å². The summed E-state index contributed by atoms with van der Waals surface area (Å²) < 4.78 is 15.2. The van der Waals surface area contributed by atoms with Crippen molar-refractivity contribution < 1.29 is 4.39 Å². The highest BCUT2D eigenvalue weighted by molar-refractivity contribution is 6.32. The standard InChI is InChI=1S/C14H10Cl2FN3/c1-8-4-11-14(18-7-8)20(13(6-15)19-11)12-5-9(17)2-3-10(12)16/h2-5,7H,6H2,1H3. The van der Waals surface area contributed by atoms with Crippen LogP contribution in [0.4, 0.5) is 4.39 Å². The van der Waals surface area contributed by atoms with Crippen LogP contribution in [0.25, 0.3) is 16.9 Å². The van der Waals surface area contributed by atoms with Crippen LogP contribution in [0.3, 0.4) is 0 Å². The van der Waals surface area contributed by atoms with Gasteiger partial charge >= 0.3 is 0 Å². The Hall–Kier alpha value is -1.65. The molecular weight excluding hydrogens is 300 g/mol. The molecule has 0 amide bonds. The second-order valence-corrected chi connectivity index (χ2v) is 5.12. The Balaban J connectivity index is 2.37. The summed E-state index contributed by atoms with van der Waals surface area (Å²) in [5.74, 6) is 0.383. The molecule has 0 unspecified atom stereocenters. The van der Waals surface area contributed by atoms with Crippen LogP contribution in [-0.4, -0.2) is 14.5 Å². The molecule has 0 N–H and O–H groups in total. The van der Waals surface area contributed by atoms with Gasteiger partial charge in [-0.1, -0.05) is 11.6 Å². The molecule has 3 nitrogen and oxygen atoms in total. The number of hydrogen-bond donors (Lipinski definition) is 0. The van der Waals surface area contributed by atoms with Crippen LogP contribution in [0.15, 0.2) is 30.5 Å². The van der Waals surface area contributed by atoms with Crippen LogP contribution in [0, 0.1) is 12.7 Å². The Morgan fingerprint density at radius 1 is 1.30 bits per heavy atom. The van der Waals surface area contributed by atoms with Gasteiger partial charge in [-0.05, 0) is 36.8 Å². The number of benzene rings is 1. The molecular formula is C14H10Cl2FN3. The normalized spacial score (nSPS) is 11.2. The molecule has 0 fully saturated rings. The second-order valence-electron chi connectivity index (χ2n) is 4.45. The van der Waals surface area contributed by atoms with Gasteiger partial charge < -0.3 is 0 Å². The van der Waals surface area contributed by atoms with Crippen molar-refractivity contribution >= 4 is 34.4 Å². The van der Waals surface area contributed by atoms with E-state index in [1.54, 1.807) is 10.8 Å². The van der Waals surface area contributed by atoms with E-state index >= 15 is 0 Å². The average molecular weight is 310 g/mol. The largest absolute Gasteiger partial charge is 0.278 e. The monoisotopic (exact) mass is 309 g/mol. The van der Waals surface area contributed by atoms with Gasteiger partial charge in [-0.3, -0.25) is 4.57 Å². The number of nitrogens with zero attached hydrogens (tertiary/aromatic N) is 3. The van der Waals surface area contributed by atoms with Gasteiger partial charge in [0.05, 0.1) is 16.6 Å². The molecule has 20 heavy (non-hydrogen) atoms. The first-order valence-corrected chi connectivity index (χ1v) is 6.87. The number of alkyl halides is 1. The smallest absolute Gasteiger partial charge is 0.164 e. The van der Waals surface area contributed by atoms with Gasteiger partial charge in [0.25, 0.3) is 0 Å². The topological polar surface area (TPSA) is 30.7 Å². The zero-order valence-corrected chi connectivity index (χ0v) is 12.1. The van der Waals surface area contributed by atoms with Crippen molar-refractivity contribution in [2.24, 2.45) is 0 Å². The number of halogens is 3. The average Bonchev–Trinajstić information content (AvgIpc) is 2.78. The molecule has 102 valence electrons. The highest BCUT2D eigenvalue weighted by Gasteiger charge is 2.15. The molecule has 0 aliphatic heterocycles. The predicted octanol–water partition coefficient (Wildman–Crippen LogP) is 4.26. The molecule has 3 aromatic rings. The van der Waals surface area contributed by atoms with Gasteiger partial charge in [-0.25, -0.2) is 14.4 Å². The number of aromatic nitrogens is 3. The maximum absolute atomic E-state index is 13.5. The van der Waals surface area contributed by atoms with E-state index < -0.39 is 0 Å². The van der Waals surface area contributed by atoms with Gasteiger partial charge in [0.2, 0.25) is 0 Å². The molecule has 0 radical (unpaired) electrons. The molecule has 0 saturated carbocycles. The third-order valence-corrected chi connectivity index (χ3v) is 3.53. The Morgan fingerprint density at radius 2 is 2.10 bits per heavy atom. The van der Waals surface area contributed by atoms with Crippen molar-refractivity contribution in [1.29, 1.82) is 0 Å². The van der Waals surface area contributed by atoms with Crippen molar-refractivity contribution in [3.05, 3.63) is 52.7 Å². The number of fused-ring (bicyclic) bond motifs is 1. The maximum atomic E-state index is 13.5. The molecule has 2 heterocycles. The van der Waals surface area contributed by atoms with E-state index in [9.17, 15) is 4.39 Å². The molecule has 0 aliphatic carbocycles. The van der Waals surface area contributed by atoms with Crippen LogP contribution in [0.1, 0.15) is 11.4 Å². The quantitative estimate of drug-likeness (QED) is 0.662. The lowest BCUT2D eigenvalue weighted by Crippen LogP contribution is -2.01. The zero-order chi connectivity index (χ0) is 14.3. The second kappa shape index (κ2) is 5.04. The van der Waals surface area contributed by atoms with E-state index in [0.29, 0.717) is 27.7 Å². The minimum atomic E-state index is -0.376. The summed E-state index contributed by atoms with van der Waals surface area (Å²) in [5.41, 5.74) is 2.80. The van der Waals surface area contributed by atoms with E-state index in [1.807, 2.05) is 13.0 Å². The van der Waals surface area contributed by atoms with E-state index in [0.717, 1.165) is 5.56 Å². The van der Waals surface area contributed by atoms with Crippen molar-refractivity contribution in [3.63, 3.8) is 0 Å². The van der Waals surface area contributed by atoms with Crippen LogP contribution in [0.2, 0.25) is 5.02 Å². The van der Waals surface area contributed by atoms with E-state index in [1.165, 1.54) is 18.2 Å². The number of pyridine rings is 1. The van der Waals surface area contributed by atoms with Crippen molar-refractivity contribution in [2.75, 3.05) is 0 Å². The summed E-state index contributed by atoms with van der Waals surface area (Å²) in [6.07, 6.45) is 1.73. The summed E-state index contributed by atoms with van der Waals surface area (Å²) in [5, 5.41) is 0.416. The molecule has 6 heteroatoms. The van der Waals surface area contributed by atoms with Crippen molar-refractivity contribution in [2.45, 2.75) is 12.8 Å². The molecule has 3 rings (SSSR count). The van der Waals surface area contributed by atoms with Crippen LogP contribution in [-0.2, 0) is 5.88 Å². The first-order valence-electron chi connectivity index (χ1n) is 5.95. The minimum Gasteiger partial charge on any atom is -0.278 e. The molecule has 1 aromatic carbocycles. The first kappa shape index (κ1) is 13.3. The molecule has 0 aliphatic rings. The minimum absolute atomic E-state index is 0.183. The van der Waals surface area contributed by atoms with Gasteiger partial charge in [0.15, 0.2) is 5.65 Å². The van der Waals surface area contributed by atoms with E-state index in [2.05, 4.69) is 9.97 Å². The fourth-order valence-electron chi connectivity index (χ4n) is 2.11. The number of aryl methyl sites for hydroxylation is 1. The fourth-order valence-corrected chi connectivity index (χ4v) is 2.49. The molecule has 0 saturated heterocycles. The fraction of sp³-hybridized carbons (Fsp3) is 0.143. The lowest BCUT2D eigenvalue weighted by Gasteiger charge is -2.09. The maximum Gasteiger partial charge on any atom is 0.164 e. The Morgan fingerprint density at radius 3 is 2.85 bits per heavy atom. The zero-order valence-electron chi connectivity index (χ0n) is 10.6. The number of hydrogen-bond acceptors (Lipinski definition) is 2. The highest BCUT2D eigenvalue weighted by Crippen LogP contribution is 2.27. The van der Waals surface area contributed by atoms with Crippen molar-refractivity contribution in [3.8, 4) is 5.69 Å². The molecule has 2 aromatic heterocycles. The van der Waals surface area contributed by atoms with Crippen LogP contribution < -0.4 is 0 Å². The first-order chi connectivity index (χ1) is 9.60. The third kappa shape index (κ3) is 2.15. The molecule has 0 bridgehead atoms. The summed E-state index contributed by atoms with van der Waals surface area (Å²) in [6.45, 7) is 1.93. The van der Waals surface area contributed by atoms with Crippen LogP contribution >= 0.6 is 23.2 Å². The molecule has 0 spiro atoms. The Bertz CT molecular complexity index is 798. The summed E-state index contributed by atoms with van der Waals surface area (Å²) in [6, 6.07) is 6.07. The van der Waals surface area contributed by atoms with Gasteiger partial charge in [-0.15, -0.1) is 11.6 Å². The third-order valence-electron chi connectivity index (χ3n) is 2.97. The van der Waals surface area contributed by atoms with Crippen molar-refractivity contribution in [1.82, 2.24) is 14.5 Å². The van der Waals surface area contributed by atoms with E-state index in [4.69, 9.17) is 23.2 Å². The SMILES string of the molecule is Cc1cnc2c(c1)nc(CCl)n2-c1cc(F)ccc1Cl. The predicted molar refractivity (Wildman–Crippen MR) is 78.1 cm³/mol. The summed E-state index contributed by atoms with van der Waals surface area (Å²) in [4.78, 5) is 8.78. The highest BCUT2D eigenvalue weighted by atomic mass is 35.5. The van der Waals surface area contributed by atoms with E-state index in [-0.39, 0.29) is 11.7 Å². The molecule has 0 atom stereocenters. The summed E-state index contributed by atoms with van der Waals surface area (Å²) >= 11 is 12.1. The Labute approximate surface area is 125 Å². The number of imidazole rings is 1. The summed E-state index contributed by atoms with van der Waals surface area (Å²) in [7, 11) is 0. The van der Waals surface area contributed by atoms with Crippen LogP contribution in [0.5, 0.6) is 0 Å². The van der Waals surface area contributed by atoms with Gasteiger partial charge in [0.1, 0.15) is 17.2 Å².